The summed E-state index contributed by atoms with van der Waals surface area (Å²) in [6.07, 6.45) is 9.33. The number of likely N-dealkylation sites (N-methyl/N-ethyl adjacent to an activating group) is 1. The van der Waals surface area contributed by atoms with E-state index in [1.807, 2.05) is 21.1 Å². The van der Waals surface area contributed by atoms with Gasteiger partial charge in [0.25, 0.3) is 0 Å². The van der Waals surface area contributed by atoms with E-state index in [2.05, 4.69) is 20.8 Å². The highest BCUT2D eigenvalue weighted by Gasteiger charge is 2.25. The zero-order valence-electron chi connectivity index (χ0n) is 20.2. The Bertz CT molecular complexity index is 442. The van der Waals surface area contributed by atoms with Crippen molar-refractivity contribution in [2.45, 2.75) is 96.7 Å². The molecule has 0 aromatic carbocycles. The zero-order chi connectivity index (χ0) is 23.0. The van der Waals surface area contributed by atoms with Crippen LogP contribution in [0.1, 0.15) is 85.0 Å². The topological polar surface area (TPSA) is 85.2 Å². The van der Waals surface area contributed by atoms with Gasteiger partial charge in [0.2, 0.25) is 0 Å². The summed E-state index contributed by atoms with van der Waals surface area (Å²) in [6, 6.07) is 0. The summed E-state index contributed by atoms with van der Waals surface area (Å²) in [5.41, 5.74) is -0.0221. The summed E-state index contributed by atoms with van der Waals surface area (Å²) in [5.74, 6) is -0.940. The minimum atomic E-state index is -2.05. The van der Waals surface area contributed by atoms with Crippen molar-refractivity contribution in [3.63, 3.8) is 0 Å². The fraction of sp³-hybridized carbons (Fsp3) is 0.955. The summed E-state index contributed by atoms with van der Waals surface area (Å²) in [4.78, 5) is 20.9. The van der Waals surface area contributed by atoms with Gasteiger partial charge >= 0.3 is 14.6 Å². The van der Waals surface area contributed by atoms with Crippen LogP contribution in [0.15, 0.2) is 0 Å². The van der Waals surface area contributed by atoms with Crippen molar-refractivity contribution in [3.8, 4) is 0 Å². The molecule has 0 heterocycles. The zero-order valence-corrected chi connectivity index (χ0v) is 21.1. The van der Waals surface area contributed by atoms with Crippen molar-refractivity contribution in [2.24, 2.45) is 0 Å². The number of carboxylic acids is 1. The van der Waals surface area contributed by atoms with Crippen LogP contribution >= 0.6 is 8.60 Å². The minimum absolute atomic E-state index is 0.0221. The van der Waals surface area contributed by atoms with Gasteiger partial charge < -0.3 is 28.3 Å². The highest BCUT2D eigenvalue weighted by atomic mass is 31.2. The SMILES string of the molecule is CCCCCC(C)(C)OCCCCCCCO[P@@](O)OC(CC(=O)O)C[N+](C)(C)C. The van der Waals surface area contributed by atoms with E-state index in [1.165, 1.54) is 19.3 Å². The Morgan fingerprint density at radius 1 is 1.00 bits per heavy atom. The maximum atomic E-state index is 11.0. The standard InChI is InChI=1S/C22H46NO6P/c1-7-8-12-15-22(2,3)27-16-13-10-9-11-14-17-28-30(26)29-20(18-21(24)25)19-23(4,5)6/h20,26H,7-19H2,1-6H3/p+1/t20?,30-/m1/s1. The molecule has 2 N–H and O–H groups in total. The van der Waals surface area contributed by atoms with E-state index in [9.17, 15) is 9.69 Å². The maximum Gasteiger partial charge on any atom is 0.330 e. The van der Waals surface area contributed by atoms with Crippen molar-refractivity contribution >= 4 is 14.6 Å². The van der Waals surface area contributed by atoms with Gasteiger partial charge in [0.1, 0.15) is 12.6 Å². The van der Waals surface area contributed by atoms with E-state index in [4.69, 9.17) is 18.9 Å². The summed E-state index contributed by atoms with van der Waals surface area (Å²) < 4.78 is 17.4. The first-order chi connectivity index (χ1) is 13.9. The van der Waals surface area contributed by atoms with Crippen LogP contribution in [0.5, 0.6) is 0 Å². The van der Waals surface area contributed by atoms with E-state index in [1.54, 1.807) is 0 Å². The summed E-state index contributed by atoms with van der Waals surface area (Å²) in [6.45, 7) is 8.30. The van der Waals surface area contributed by atoms with Crippen LogP contribution in [0.3, 0.4) is 0 Å². The van der Waals surface area contributed by atoms with Gasteiger partial charge in [0, 0.05) is 6.61 Å². The summed E-state index contributed by atoms with van der Waals surface area (Å²) in [7, 11) is 3.82. The fourth-order valence-corrected chi connectivity index (χ4v) is 3.94. The van der Waals surface area contributed by atoms with Gasteiger partial charge in [-0.25, -0.2) is 0 Å². The minimum Gasteiger partial charge on any atom is -0.481 e. The number of ether oxygens (including phenoxy) is 1. The first kappa shape index (κ1) is 29.7. The molecule has 30 heavy (non-hydrogen) atoms. The second kappa shape index (κ2) is 16.3. The predicted molar refractivity (Wildman–Crippen MR) is 122 cm³/mol. The van der Waals surface area contributed by atoms with Gasteiger partial charge in [0.15, 0.2) is 0 Å². The lowest BCUT2D eigenvalue weighted by atomic mass is 10.0. The number of carboxylic acid groups (broad SMARTS) is 1. The molecule has 0 aromatic heterocycles. The van der Waals surface area contributed by atoms with Crippen LogP contribution < -0.4 is 0 Å². The van der Waals surface area contributed by atoms with Gasteiger partial charge in [0.05, 0.1) is 39.8 Å². The first-order valence-corrected chi connectivity index (χ1v) is 12.5. The van der Waals surface area contributed by atoms with Crippen molar-refractivity contribution in [1.82, 2.24) is 0 Å². The van der Waals surface area contributed by atoms with Gasteiger partial charge in [-0.15, -0.1) is 0 Å². The third-order valence-electron chi connectivity index (χ3n) is 4.76. The van der Waals surface area contributed by atoms with Crippen LogP contribution in [0.2, 0.25) is 0 Å². The van der Waals surface area contributed by atoms with Crippen molar-refractivity contribution in [3.05, 3.63) is 0 Å². The largest absolute Gasteiger partial charge is 0.481 e. The Morgan fingerprint density at radius 3 is 2.17 bits per heavy atom. The lowest BCUT2D eigenvalue weighted by Crippen LogP contribution is -2.42. The van der Waals surface area contributed by atoms with Crippen molar-refractivity contribution in [1.29, 1.82) is 0 Å². The second-order valence-electron chi connectivity index (χ2n) is 9.70. The highest BCUT2D eigenvalue weighted by Crippen LogP contribution is 2.36. The Balaban J connectivity index is 3.78. The Hall–Kier alpha value is -0.300. The average Bonchev–Trinajstić information content (AvgIpc) is 2.58. The lowest BCUT2D eigenvalue weighted by Gasteiger charge is -2.29. The molecule has 0 amide bonds. The molecule has 0 saturated carbocycles. The highest BCUT2D eigenvalue weighted by molar-refractivity contribution is 7.40. The third-order valence-corrected chi connectivity index (χ3v) is 5.64. The fourth-order valence-electron chi connectivity index (χ4n) is 3.20. The van der Waals surface area contributed by atoms with Crippen LogP contribution in [0.4, 0.5) is 0 Å². The molecule has 7 nitrogen and oxygen atoms in total. The van der Waals surface area contributed by atoms with Crippen LogP contribution in [-0.2, 0) is 18.6 Å². The van der Waals surface area contributed by atoms with Gasteiger partial charge in [-0.1, -0.05) is 45.4 Å². The molecule has 0 spiro atoms. The van der Waals surface area contributed by atoms with Gasteiger partial charge in [-0.2, -0.15) is 0 Å². The Kier molecular flexibility index (Phi) is 16.2. The predicted octanol–water partition coefficient (Wildman–Crippen LogP) is 5.11. The average molecular weight is 453 g/mol. The monoisotopic (exact) mass is 452 g/mol. The number of aliphatic carboxylic acids is 1. The number of nitrogens with zero attached hydrogens (tertiary/aromatic N) is 1. The molecular formula is C22H47NO6P+. The first-order valence-electron chi connectivity index (χ1n) is 11.4. The Morgan fingerprint density at radius 2 is 1.60 bits per heavy atom. The smallest absolute Gasteiger partial charge is 0.330 e. The molecule has 0 radical (unpaired) electrons. The molecule has 0 saturated heterocycles. The number of hydrogen-bond donors (Lipinski definition) is 2. The van der Waals surface area contributed by atoms with Crippen LogP contribution in [0, 0.1) is 0 Å². The number of rotatable bonds is 20. The molecule has 0 rings (SSSR count). The maximum absolute atomic E-state index is 11.0. The van der Waals surface area contributed by atoms with Gasteiger partial charge in [-0.05, 0) is 33.1 Å². The van der Waals surface area contributed by atoms with Crippen molar-refractivity contribution < 1.29 is 33.1 Å². The third kappa shape index (κ3) is 19.7. The number of unbranched alkanes of at least 4 members (excludes halogenated alkanes) is 6. The van der Waals surface area contributed by atoms with E-state index in [0.29, 0.717) is 17.6 Å². The van der Waals surface area contributed by atoms with Crippen LogP contribution in [0.25, 0.3) is 0 Å². The van der Waals surface area contributed by atoms with Crippen molar-refractivity contribution in [2.75, 3.05) is 40.9 Å². The molecule has 0 aliphatic heterocycles. The van der Waals surface area contributed by atoms with Crippen LogP contribution in [-0.4, -0.2) is 73.1 Å². The normalized spacial score (nSPS) is 14.6. The quantitative estimate of drug-likeness (QED) is 0.152. The molecule has 8 heteroatoms. The van der Waals surface area contributed by atoms with Gasteiger partial charge in [-0.3, -0.25) is 4.79 Å². The van der Waals surface area contributed by atoms with E-state index < -0.39 is 20.7 Å². The summed E-state index contributed by atoms with van der Waals surface area (Å²) >= 11 is 0. The molecule has 0 aliphatic rings. The molecule has 0 aliphatic carbocycles. The molecule has 180 valence electrons. The second-order valence-corrected chi connectivity index (χ2v) is 10.6. The lowest BCUT2D eigenvalue weighted by molar-refractivity contribution is -0.873. The Labute approximate surface area is 185 Å². The molecule has 2 atom stereocenters. The molecule has 0 fully saturated rings. The molecular weight excluding hydrogens is 405 g/mol. The number of carbonyl (C=O) groups is 1. The number of quaternary nitrogens is 1. The van der Waals surface area contributed by atoms with E-state index >= 15 is 0 Å². The number of hydrogen-bond acceptors (Lipinski definition) is 5. The summed E-state index contributed by atoms with van der Waals surface area (Å²) in [5, 5.41) is 9.01. The van der Waals surface area contributed by atoms with E-state index in [-0.39, 0.29) is 12.0 Å². The molecule has 0 bridgehead atoms. The molecule has 0 aromatic rings. The molecule has 1 unspecified atom stereocenters. The van der Waals surface area contributed by atoms with E-state index in [0.717, 1.165) is 45.1 Å².